The molecule has 2 atom stereocenters. The second kappa shape index (κ2) is 64.9. The summed E-state index contributed by atoms with van der Waals surface area (Å²) in [7, 11) is 0. The Hall–Kier alpha value is -1.39. The molecule has 0 aromatic carbocycles. The highest BCUT2D eigenvalue weighted by molar-refractivity contribution is 5.76. The van der Waals surface area contributed by atoms with Crippen molar-refractivity contribution in [1.29, 1.82) is 0 Å². The first-order valence-corrected chi connectivity index (χ1v) is 33.7. The first-order valence-electron chi connectivity index (χ1n) is 33.7. The second-order valence-electron chi connectivity index (χ2n) is 23.2. The molecule has 0 spiro atoms. The van der Waals surface area contributed by atoms with Crippen molar-refractivity contribution in [1.82, 2.24) is 5.32 Å². The molecule has 1 amide bonds. The maximum Gasteiger partial charge on any atom is 0.220 e. The lowest BCUT2D eigenvalue weighted by molar-refractivity contribution is -0.123. The molecule has 0 aromatic heterocycles. The van der Waals surface area contributed by atoms with Crippen LogP contribution in [0.1, 0.15) is 380 Å². The van der Waals surface area contributed by atoms with Gasteiger partial charge in [0.2, 0.25) is 5.91 Å². The van der Waals surface area contributed by atoms with Crippen LogP contribution in [0.5, 0.6) is 0 Å². The SMILES string of the molecule is CCCCCCCCCCCCCCCCCCC/C=C/CC/C=C/CC/C=C/C(O)C(CO)NC(=O)CCCCCCCCCCCCCCCCCCCCCCCCCCCCCCCCCCCC. The van der Waals surface area contributed by atoms with Crippen LogP contribution in [-0.4, -0.2) is 34.9 Å². The Morgan fingerprint density at radius 3 is 0.795 bits per heavy atom. The molecule has 73 heavy (non-hydrogen) atoms. The molecular formula is C69H133NO3. The van der Waals surface area contributed by atoms with E-state index in [-0.39, 0.29) is 12.5 Å². The maximum atomic E-state index is 12.5. The van der Waals surface area contributed by atoms with E-state index in [9.17, 15) is 15.0 Å². The zero-order valence-corrected chi connectivity index (χ0v) is 49.9. The smallest absolute Gasteiger partial charge is 0.220 e. The minimum absolute atomic E-state index is 0.0698. The van der Waals surface area contributed by atoms with Gasteiger partial charge < -0.3 is 15.5 Å². The molecule has 3 N–H and O–H groups in total. The number of hydrogen-bond donors (Lipinski definition) is 3. The molecular weight excluding hydrogens is 891 g/mol. The summed E-state index contributed by atoms with van der Waals surface area (Å²) in [6.45, 7) is 4.34. The zero-order chi connectivity index (χ0) is 52.7. The summed E-state index contributed by atoms with van der Waals surface area (Å²) in [5.41, 5.74) is 0. The molecule has 0 fully saturated rings. The quantitative estimate of drug-likeness (QED) is 0.0420. The topological polar surface area (TPSA) is 69.6 Å². The fourth-order valence-electron chi connectivity index (χ4n) is 10.7. The highest BCUT2D eigenvalue weighted by Gasteiger charge is 2.18. The van der Waals surface area contributed by atoms with E-state index in [2.05, 4.69) is 43.5 Å². The first-order chi connectivity index (χ1) is 36.2. The normalized spacial score (nSPS) is 12.9. The highest BCUT2D eigenvalue weighted by atomic mass is 16.3. The van der Waals surface area contributed by atoms with Gasteiger partial charge in [-0.2, -0.15) is 0 Å². The van der Waals surface area contributed by atoms with E-state index >= 15 is 0 Å². The van der Waals surface area contributed by atoms with Crippen LogP contribution >= 0.6 is 0 Å². The molecule has 0 aliphatic carbocycles. The van der Waals surface area contributed by atoms with Crippen molar-refractivity contribution < 1.29 is 15.0 Å². The summed E-state index contributed by atoms with van der Waals surface area (Å²) in [5.74, 6) is -0.0698. The molecule has 0 heterocycles. The van der Waals surface area contributed by atoms with Gasteiger partial charge in [-0.15, -0.1) is 0 Å². The van der Waals surface area contributed by atoms with Gasteiger partial charge in [0.25, 0.3) is 0 Å². The molecule has 0 rings (SSSR count). The predicted molar refractivity (Wildman–Crippen MR) is 327 cm³/mol. The van der Waals surface area contributed by atoms with Gasteiger partial charge >= 0.3 is 0 Å². The third-order valence-corrected chi connectivity index (χ3v) is 15.9. The number of allylic oxidation sites excluding steroid dienone is 5. The molecule has 0 bridgehead atoms. The van der Waals surface area contributed by atoms with Crippen LogP contribution in [-0.2, 0) is 4.79 Å². The molecule has 0 aliphatic rings. The highest BCUT2D eigenvalue weighted by Crippen LogP contribution is 2.19. The van der Waals surface area contributed by atoms with Crippen LogP contribution in [0, 0.1) is 0 Å². The number of hydrogen-bond acceptors (Lipinski definition) is 3. The number of unbranched alkanes of at least 4 members (excludes halogenated alkanes) is 52. The van der Waals surface area contributed by atoms with Gasteiger partial charge in [-0.1, -0.05) is 365 Å². The molecule has 4 heteroatoms. The molecule has 432 valence electrons. The molecule has 4 nitrogen and oxygen atoms in total. The first kappa shape index (κ1) is 71.6. The van der Waals surface area contributed by atoms with Crippen LogP contribution in [0.3, 0.4) is 0 Å². The minimum atomic E-state index is -0.870. The van der Waals surface area contributed by atoms with Gasteiger partial charge in [-0.25, -0.2) is 0 Å². The van der Waals surface area contributed by atoms with E-state index < -0.39 is 12.1 Å². The van der Waals surface area contributed by atoms with Gasteiger partial charge in [0.05, 0.1) is 18.8 Å². The van der Waals surface area contributed by atoms with Crippen molar-refractivity contribution in [2.75, 3.05) is 6.61 Å². The van der Waals surface area contributed by atoms with E-state index in [0.29, 0.717) is 6.42 Å². The number of nitrogens with one attached hydrogen (secondary N) is 1. The largest absolute Gasteiger partial charge is 0.394 e. The summed E-state index contributed by atoms with van der Waals surface area (Å²) in [4.78, 5) is 12.5. The third kappa shape index (κ3) is 61.3. The van der Waals surface area contributed by atoms with Gasteiger partial charge in [0, 0.05) is 6.42 Å². The lowest BCUT2D eigenvalue weighted by atomic mass is 10.0. The summed E-state index contributed by atoms with van der Waals surface area (Å²) in [6, 6.07) is -0.645. The Bertz CT molecular complexity index is 1110. The van der Waals surface area contributed by atoms with Crippen LogP contribution in [0.15, 0.2) is 36.5 Å². The van der Waals surface area contributed by atoms with Crippen molar-refractivity contribution in [2.24, 2.45) is 0 Å². The number of aliphatic hydroxyl groups is 2. The van der Waals surface area contributed by atoms with Crippen molar-refractivity contribution in [3.8, 4) is 0 Å². The van der Waals surface area contributed by atoms with Crippen molar-refractivity contribution in [3.05, 3.63) is 36.5 Å². The summed E-state index contributed by atoms with van der Waals surface area (Å²) in [6.07, 6.45) is 89.5. The van der Waals surface area contributed by atoms with Gasteiger partial charge in [-0.05, 0) is 44.9 Å². The molecule has 0 aromatic rings. The molecule has 0 radical (unpaired) electrons. The zero-order valence-electron chi connectivity index (χ0n) is 49.9. The number of rotatable bonds is 63. The average Bonchev–Trinajstić information content (AvgIpc) is 3.40. The number of carbonyl (C=O) groups is 1. The van der Waals surface area contributed by atoms with Crippen molar-refractivity contribution in [2.45, 2.75) is 392 Å². The summed E-state index contributed by atoms with van der Waals surface area (Å²) >= 11 is 0. The standard InChI is InChI=1S/C69H133NO3/c1-3-5-7-9-11-13-15-17-19-21-23-25-27-29-31-32-33-34-35-36-37-39-41-43-45-47-49-51-53-55-57-59-61-63-65-69(73)70-67(66-71)68(72)64-62-60-58-56-54-52-50-48-46-44-42-40-38-30-28-26-24-22-20-18-16-14-12-10-8-6-4-2/h46,48,54,56,62,64,67-68,71-72H,3-45,47,49-53,55,57-61,63,65-66H2,1-2H3,(H,70,73)/b48-46+,56-54+,64-62+. The predicted octanol–water partition coefficient (Wildman–Crippen LogP) is 22.8. The van der Waals surface area contributed by atoms with Gasteiger partial charge in [0.15, 0.2) is 0 Å². The molecule has 2 unspecified atom stereocenters. The Labute approximate surface area is 459 Å². The average molecular weight is 1020 g/mol. The second-order valence-corrected chi connectivity index (χ2v) is 23.2. The van der Waals surface area contributed by atoms with E-state index in [1.54, 1.807) is 6.08 Å². The number of carbonyl (C=O) groups excluding carboxylic acids is 1. The summed E-state index contributed by atoms with van der Waals surface area (Å²) in [5, 5.41) is 23.2. The molecule has 0 saturated heterocycles. The number of aliphatic hydroxyl groups excluding tert-OH is 2. The van der Waals surface area contributed by atoms with E-state index in [1.807, 2.05) is 6.08 Å². The Morgan fingerprint density at radius 1 is 0.315 bits per heavy atom. The Balaban J connectivity index is 3.46. The van der Waals surface area contributed by atoms with Crippen LogP contribution in [0.25, 0.3) is 0 Å². The maximum absolute atomic E-state index is 12.5. The van der Waals surface area contributed by atoms with Gasteiger partial charge in [0.1, 0.15) is 0 Å². The third-order valence-electron chi connectivity index (χ3n) is 15.9. The molecule has 0 saturated carbocycles. The van der Waals surface area contributed by atoms with Crippen LogP contribution in [0.4, 0.5) is 0 Å². The van der Waals surface area contributed by atoms with Crippen molar-refractivity contribution in [3.63, 3.8) is 0 Å². The lowest BCUT2D eigenvalue weighted by Gasteiger charge is -2.19. The van der Waals surface area contributed by atoms with E-state index in [4.69, 9.17) is 0 Å². The fraction of sp³-hybridized carbons (Fsp3) is 0.899. The summed E-state index contributed by atoms with van der Waals surface area (Å²) < 4.78 is 0. The molecule has 0 aliphatic heterocycles. The van der Waals surface area contributed by atoms with Gasteiger partial charge in [-0.3, -0.25) is 4.79 Å². The lowest BCUT2D eigenvalue weighted by Crippen LogP contribution is -2.45. The fourth-order valence-corrected chi connectivity index (χ4v) is 10.7. The van der Waals surface area contributed by atoms with E-state index in [0.717, 1.165) is 38.5 Å². The van der Waals surface area contributed by atoms with Crippen LogP contribution < -0.4 is 5.32 Å². The van der Waals surface area contributed by atoms with Crippen molar-refractivity contribution >= 4 is 5.91 Å². The van der Waals surface area contributed by atoms with E-state index in [1.165, 1.54) is 321 Å². The van der Waals surface area contributed by atoms with Crippen LogP contribution in [0.2, 0.25) is 0 Å². The number of amides is 1. The Morgan fingerprint density at radius 2 is 0.534 bits per heavy atom. The minimum Gasteiger partial charge on any atom is -0.394 e. The monoisotopic (exact) mass is 1020 g/mol. The Kier molecular flexibility index (Phi) is 63.7.